The van der Waals surface area contributed by atoms with E-state index in [0.717, 1.165) is 0 Å². The van der Waals surface area contributed by atoms with Gasteiger partial charge in [-0.1, -0.05) is 0 Å². The third-order valence-corrected chi connectivity index (χ3v) is 2.94. The number of hydrogen-bond acceptors (Lipinski definition) is 5. The second-order valence-electron chi connectivity index (χ2n) is 3.36. The smallest absolute Gasteiger partial charge is 0.332 e. The summed E-state index contributed by atoms with van der Waals surface area (Å²) in [5, 5.41) is 13.5. The van der Waals surface area contributed by atoms with E-state index in [9.17, 15) is 9.59 Å². The molecule has 1 aliphatic rings. The van der Waals surface area contributed by atoms with Crippen LogP contribution < -0.4 is 5.32 Å². The summed E-state index contributed by atoms with van der Waals surface area (Å²) >= 11 is 1.30. The highest BCUT2D eigenvalue weighted by atomic mass is 32.1. The molecule has 6 nitrogen and oxygen atoms in total. The van der Waals surface area contributed by atoms with E-state index < -0.39 is 18.2 Å². The number of aromatic nitrogens is 1. The Bertz CT molecular complexity index is 392. The fourth-order valence-corrected chi connectivity index (χ4v) is 2.01. The van der Waals surface area contributed by atoms with Gasteiger partial charge in [-0.2, -0.15) is 0 Å². The minimum atomic E-state index is -1.02. The van der Waals surface area contributed by atoms with Crippen molar-refractivity contribution in [2.45, 2.75) is 25.0 Å². The van der Waals surface area contributed by atoms with Gasteiger partial charge in [-0.3, -0.25) is 10.1 Å². The summed E-state index contributed by atoms with van der Waals surface area (Å²) in [6.07, 6.45) is 0.812. The van der Waals surface area contributed by atoms with Crippen molar-refractivity contribution in [1.29, 1.82) is 0 Å². The minimum Gasteiger partial charge on any atom is -0.479 e. The Balaban J connectivity index is 1.90. The van der Waals surface area contributed by atoms with Crippen LogP contribution in [-0.2, 0) is 14.3 Å². The molecule has 0 radical (unpaired) electrons. The first-order valence-corrected chi connectivity index (χ1v) is 5.63. The topological polar surface area (TPSA) is 88.5 Å². The standard InChI is InChI=1S/C9H10N2O4S/c12-7(11-9-10-3-4-16-9)5-1-2-6(15-5)8(13)14/h3-6H,1-2H2,(H,13,14)(H,10,11,12)/t5-,6+/m0/s1. The number of nitrogens with zero attached hydrogens (tertiary/aromatic N) is 1. The number of anilines is 1. The predicted octanol–water partition coefficient (Wildman–Crippen LogP) is 0.714. The second kappa shape index (κ2) is 4.58. The molecule has 1 aromatic rings. The number of ether oxygens (including phenoxy) is 1. The van der Waals surface area contributed by atoms with Crippen LogP contribution in [-0.4, -0.2) is 34.2 Å². The van der Waals surface area contributed by atoms with Crippen LogP contribution >= 0.6 is 11.3 Å². The Hall–Kier alpha value is -1.47. The van der Waals surface area contributed by atoms with Gasteiger partial charge in [-0.25, -0.2) is 9.78 Å². The molecule has 1 fully saturated rings. The Morgan fingerprint density at radius 1 is 1.50 bits per heavy atom. The summed E-state index contributed by atoms with van der Waals surface area (Å²) < 4.78 is 5.10. The number of carboxylic acid groups (broad SMARTS) is 1. The molecule has 1 amide bonds. The molecule has 0 spiro atoms. The van der Waals surface area contributed by atoms with Crippen molar-refractivity contribution < 1.29 is 19.4 Å². The molecule has 2 atom stereocenters. The summed E-state index contributed by atoms with van der Waals surface area (Å²) in [4.78, 5) is 26.1. The van der Waals surface area contributed by atoms with Crippen LogP contribution in [0.25, 0.3) is 0 Å². The van der Waals surface area contributed by atoms with Crippen molar-refractivity contribution in [3.8, 4) is 0 Å². The van der Waals surface area contributed by atoms with Crippen LogP contribution in [0.5, 0.6) is 0 Å². The zero-order chi connectivity index (χ0) is 11.5. The van der Waals surface area contributed by atoms with E-state index in [1.54, 1.807) is 11.6 Å². The molecule has 16 heavy (non-hydrogen) atoms. The van der Waals surface area contributed by atoms with Gasteiger partial charge in [0.15, 0.2) is 11.2 Å². The van der Waals surface area contributed by atoms with Crippen molar-refractivity contribution in [1.82, 2.24) is 4.98 Å². The lowest BCUT2D eigenvalue weighted by Crippen LogP contribution is -2.29. The number of nitrogens with one attached hydrogen (secondary N) is 1. The molecule has 2 N–H and O–H groups in total. The zero-order valence-electron chi connectivity index (χ0n) is 8.25. The maximum absolute atomic E-state index is 11.6. The Morgan fingerprint density at radius 2 is 2.25 bits per heavy atom. The van der Waals surface area contributed by atoms with Crippen LogP contribution in [0.2, 0.25) is 0 Å². The highest BCUT2D eigenvalue weighted by Gasteiger charge is 2.34. The van der Waals surface area contributed by atoms with Crippen molar-refractivity contribution in [3.63, 3.8) is 0 Å². The fourth-order valence-electron chi connectivity index (χ4n) is 1.48. The molecule has 1 aromatic heterocycles. The van der Waals surface area contributed by atoms with Crippen molar-refractivity contribution in [2.75, 3.05) is 5.32 Å². The van der Waals surface area contributed by atoms with Crippen LogP contribution in [0, 0.1) is 0 Å². The molecular formula is C9H10N2O4S. The molecule has 7 heteroatoms. The maximum Gasteiger partial charge on any atom is 0.332 e. The van der Waals surface area contributed by atoms with Crippen LogP contribution in [0.3, 0.4) is 0 Å². The lowest BCUT2D eigenvalue weighted by atomic mass is 10.2. The van der Waals surface area contributed by atoms with Crippen LogP contribution in [0.4, 0.5) is 5.13 Å². The fraction of sp³-hybridized carbons (Fsp3) is 0.444. The molecule has 0 unspecified atom stereocenters. The van der Waals surface area contributed by atoms with Crippen LogP contribution in [0.15, 0.2) is 11.6 Å². The highest BCUT2D eigenvalue weighted by Crippen LogP contribution is 2.21. The first-order valence-electron chi connectivity index (χ1n) is 4.75. The van der Waals surface area contributed by atoms with Crippen molar-refractivity contribution in [3.05, 3.63) is 11.6 Å². The summed E-state index contributed by atoms with van der Waals surface area (Å²) in [5.41, 5.74) is 0. The van der Waals surface area contributed by atoms with Gasteiger partial charge in [-0.15, -0.1) is 11.3 Å². The Kier molecular flexibility index (Phi) is 3.16. The molecule has 1 aliphatic heterocycles. The molecule has 86 valence electrons. The van der Waals surface area contributed by atoms with Gasteiger partial charge in [-0.05, 0) is 12.8 Å². The number of rotatable bonds is 3. The molecule has 2 heterocycles. The average Bonchev–Trinajstić information content (AvgIpc) is 2.86. The number of aliphatic carboxylic acids is 1. The van der Waals surface area contributed by atoms with Gasteiger partial charge in [0, 0.05) is 11.6 Å². The molecule has 0 aromatic carbocycles. The number of thiazole rings is 1. The van der Waals surface area contributed by atoms with Crippen molar-refractivity contribution in [2.24, 2.45) is 0 Å². The monoisotopic (exact) mass is 242 g/mol. The van der Waals surface area contributed by atoms with E-state index in [1.807, 2.05) is 0 Å². The quantitative estimate of drug-likeness (QED) is 0.815. The predicted molar refractivity (Wildman–Crippen MR) is 56.3 cm³/mol. The van der Waals surface area contributed by atoms with E-state index in [0.29, 0.717) is 18.0 Å². The van der Waals surface area contributed by atoms with Gasteiger partial charge < -0.3 is 9.84 Å². The largest absolute Gasteiger partial charge is 0.479 e. The van der Waals surface area contributed by atoms with Crippen molar-refractivity contribution >= 4 is 28.3 Å². The summed E-state index contributed by atoms with van der Waals surface area (Å²) in [6, 6.07) is 0. The lowest BCUT2D eigenvalue weighted by Gasteiger charge is -2.09. The van der Waals surface area contributed by atoms with Gasteiger partial charge in [0.05, 0.1) is 0 Å². The molecule has 0 saturated carbocycles. The third-order valence-electron chi connectivity index (χ3n) is 2.25. The minimum absolute atomic E-state index is 0.335. The normalized spacial score (nSPS) is 24.2. The maximum atomic E-state index is 11.6. The van der Waals surface area contributed by atoms with E-state index in [4.69, 9.17) is 9.84 Å². The first kappa shape index (κ1) is 11.0. The van der Waals surface area contributed by atoms with E-state index >= 15 is 0 Å². The van der Waals surface area contributed by atoms with E-state index in [2.05, 4.69) is 10.3 Å². The van der Waals surface area contributed by atoms with Gasteiger partial charge in [0.1, 0.15) is 6.10 Å². The number of amides is 1. The molecule has 1 saturated heterocycles. The molecule has 0 aliphatic carbocycles. The van der Waals surface area contributed by atoms with Gasteiger partial charge >= 0.3 is 5.97 Å². The third kappa shape index (κ3) is 2.37. The Labute approximate surface area is 95.3 Å². The molecular weight excluding hydrogens is 232 g/mol. The second-order valence-corrected chi connectivity index (χ2v) is 4.25. The number of carbonyl (C=O) groups excluding carboxylic acids is 1. The number of carbonyl (C=O) groups is 2. The SMILES string of the molecule is O=C(Nc1nccs1)[C@@H]1CC[C@H](C(=O)O)O1. The highest BCUT2D eigenvalue weighted by molar-refractivity contribution is 7.13. The average molecular weight is 242 g/mol. The summed E-state index contributed by atoms with van der Waals surface area (Å²) in [6.45, 7) is 0. The number of carboxylic acids is 1. The first-order chi connectivity index (χ1) is 7.66. The zero-order valence-corrected chi connectivity index (χ0v) is 9.07. The van der Waals surface area contributed by atoms with Gasteiger partial charge in [0.25, 0.3) is 5.91 Å². The summed E-state index contributed by atoms with van der Waals surface area (Å²) in [5.74, 6) is -1.36. The van der Waals surface area contributed by atoms with E-state index in [-0.39, 0.29) is 5.91 Å². The Morgan fingerprint density at radius 3 is 2.81 bits per heavy atom. The lowest BCUT2D eigenvalue weighted by molar-refractivity contribution is -0.150. The number of hydrogen-bond donors (Lipinski definition) is 2. The summed E-state index contributed by atoms with van der Waals surface area (Å²) in [7, 11) is 0. The van der Waals surface area contributed by atoms with E-state index in [1.165, 1.54) is 11.3 Å². The van der Waals surface area contributed by atoms with Gasteiger partial charge in [0.2, 0.25) is 0 Å². The molecule has 0 bridgehead atoms. The molecule has 2 rings (SSSR count). The van der Waals surface area contributed by atoms with Crippen LogP contribution in [0.1, 0.15) is 12.8 Å².